The number of halogens is 1. The SMILES string of the molecule is CCNC(=N)NC(=O)Cc1ccccc1Cl. The average Bonchev–Trinajstić information content (AvgIpc) is 2.21. The van der Waals surface area contributed by atoms with E-state index < -0.39 is 0 Å². The molecule has 1 aromatic rings. The summed E-state index contributed by atoms with van der Waals surface area (Å²) >= 11 is 5.92. The number of nitrogens with one attached hydrogen (secondary N) is 3. The van der Waals surface area contributed by atoms with Gasteiger partial charge in [-0.3, -0.25) is 15.5 Å². The third kappa shape index (κ3) is 3.90. The first-order chi connectivity index (χ1) is 7.63. The van der Waals surface area contributed by atoms with Crippen molar-refractivity contribution in [1.82, 2.24) is 10.6 Å². The van der Waals surface area contributed by atoms with Gasteiger partial charge >= 0.3 is 0 Å². The molecule has 0 aliphatic rings. The summed E-state index contributed by atoms with van der Waals surface area (Å²) in [6, 6.07) is 7.16. The molecule has 0 radical (unpaired) electrons. The largest absolute Gasteiger partial charge is 0.357 e. The van der Waals surface area contributed by atoms with Gasteiger partial charge in [-0.05, 0) is 18.6 Å². The minimum atomic E-state index is -0.251. The molecule has 1 aromatic carbocycles. The quantitative estimate of drug-likeness (QED) is 0.554. The normalized spacial score (nSPS) is 9.62. The van der Waals surface area contributed by atoms with Crippen molar-refractivity contribution in [3.05, 3.63) is 34.9 Å². The zero-order valence-corrected chi connectivity index (χ0v) is 9.77. The van der Waals surface area contributed by atoms with Crippen LogP contribution in [-0.4, -0.2) is 18.4 Å². The van der Waals surface area contributed by atoms with E-state index in [0.29, 0.717) is 11.6 Å². The van der Waals surface area contributed by atoms with E-state index in [9.17, 15) is 4.79 Å². The topological polar surface area (TPSA) is 65.0 Å². The van der Waals surface area contributed by atoms with Crippen LogP contribution in [0, 0.1) is 5.41 Å². The van der Waals surface area contributed by atoms with Crippen LogP contribution in [-0.2, 0) is 11.2 Å². The van der Waals surface area contributed by atoms with Crippen LogP contribution in [0.3, 0.4) is 0 Å². The van der Waals surface area contributed by atoms with Gasteiger partial charge < -0.3 is 5.32 Å². The zero-order valence-electron chi connectivity index (χ0n) is 9.01. The van der Waals surface area contributed by atoms with E-state index in [4.69, 9.17) is 17.0 Å². The highest BCUT2D eigenvalue weighted by Crippen LogP contribution is 2.14. The molecular formula is C11H14ClN3O. The number of hydrogen-bond acceptors (Lipinski definition) is 2. The second-order valence-corrected chi connectivity index (χ2v) is 3.63. The Morgan fingerprint density at radius 1 is 1.44 bits per heavy atom. The van der Waals surface area contributed by atoms with Crippen LogP contribution in [0.25, 0.3) is 0 Å². The van der Waals surface area contributed by atoms with Crippen molar-refractivity contribution in [2.75, 3.05) is 6.54 Å². The highest BCUT2D eigenvalue weighted by Gasteiger charge is 2.07. The van der Waals surface area contributed by atoms with Gasteiger partial charge in [0.25, 0.3) is 0 Å². The maximum absolute atomic E-state index is 11.5. The summed E-state index contributed by atoms with van der Waals surface area (Å²) in [4.78, 5) is 11.5. The Labute approximate surface area is 99.5 Å². The van der Waals surface area contributed by atoms with Crippen molar-refractivity contribution in [3.8, 4) is 0 Å². The lowest BCUT2D eigenvalue weighted by Gasteiger charge is -2.08. The van der Waals surface area contributed by atoms with Gasteiger partial charge in [0.05, 0.1) is 6.42 Å². The molecule has 5 heteroatoms. The molecule has 0 atom stereocenters. The highest BCUT2D eigenvalue weighted by molar-refractivity contribution is 6.31. The summed E-state index contributed by atoms with van der Waals surface area (Å²) in [5, 5.41) is 13.1. The molecular weight excluding hydrogens is 226 g/mol. The van der Waals surface area contributed by atoms with Crippen LogP contribution in [0.5, 0.6) is 0 Å². The van der Waals surface area contributed by atoms with Crippen molar-refractivity contribution < 1.29 is 4.79 Å². The summed E-state index contributed by atoms with van der Waals surface area (Å²) in [6.07, 6.45) is 0.174. The molecule has 0 unspecified atom stereocenters. The van der Waals surface area contributed by atoms with Crippen molar-refractivity contribution in [2.45, 2.75) is 13.3 Å². The van der Waals surface area contributed by atoms with Gasteiger partial charge in [-0.1, -0.05) is 29.8 Å². The summed E-state index contributed by atoms with van der Waals surface area (Å²) in [7, 11) is 0. The van der Waals surface area contributed by atoms with Gasteiger partial charge in [-0.2, -0.15) is 0 Å². The standard InChI is InChI=1S/C11H14ClN3O/c1-2-14-11(13)15-10(16)7-8-5-3-4-6-9(8)12/h3-6H,2,7H2,1H3,(H3,13,14,15,16). The average molecular weight is 240 g/mol. The van der Waals surface area contributed by atoms with E-state index in [2.05, 4.69) is 10.6 Å². The van der Waals surface area contributed by atoms with E-state index in [0.717, 1.165) is 5.56 Å². The first kappa shape index (κ1) is 12.5. The monoisotopic (exact) mass is 239 g/mol. The first-order valence-electron chi connectivity index (χ1n) is 4.99. The molecule has 0 aliphatic carbocycles. The second-order valence-electron chi connectivity index (χ2n) is 3.22. The number of carbonyl (C=O) groups is 1. The van der Waals surface area contributed by atoms with E-state index in [1.165, 1.54) is 0 Å². The molecule has 0 aliphatic heterocycles. The number of carbonyl (C=O) groups excluding carboxylic acids is 1. The lowest BCUT2D eigenvalue weighted by Crippen LogP contribution is -2.40. The summed E-state index contributed by atoms with van der Waals surface area (Å²) in [5.41, 5.74) is 0.756. The molecule has 1 rings (SSSR count). The molecule has 4 nitrogen and oxygen atoms in total. The lowest BCUT2D eigenvalue weighted by molar-refractivity contribution is -0.119. The number of amides is 1. The second kappa shape index (κ2) is 6.12. The van der Waals surface area contributed by atoms with Gasteiger partial charge in [-0.25, -0.2) is 0 Å². The molecule has 3 N–H and O–H groups in total. The smallest absolute Gasteiger partial charge is 0.231 e. The first-order valence-corrected chi connectivity index (χ1v) is 5.37. The molecule has 1 amide bonds. The molecule has 16 heavy (non-hydrogen) atoms. The minimum absolute atomic E-state index is 0.0135. The summed E-state index contributed by atoms with van der Waals surface area (Å²) in [6.45, 7) is 2.46. The molecule has 0 heterocycles. The van der Waals surface area contributed by atoms with E-state index in [-0.39, 0.29) is 18.3 Å². The van der Waals surface area contributed by atoms with Gasteiger partial charge in [0.15, 0.2) is 5.96 Å². The molecule has 0 fully saturated rings. The molecule has 0 spiro atoms. The molecule has 0 saturated carbocycles. The molecule has 0 saturated heterocycles. The third-order valence-corrected chi connectivity index (χ3v) is 2.30. The van der Waals surface area contributed by atoms with Gasteiger partial charge in [-0.15, -0.1) is 0 Å². The Balaban J connectivity index is 2.52. The Morgan fingerprint density at radius 3 is 2.75 bits per heavy atom. The van der Waals surface area contributed by atoms with Crippen LogP contribution in [0.4, 0.5) is 0 Å². The van der Waals surface area contributed by atoms with Gasteiger partial charge in [0, 0.05) is 11.6 Å². The fourth-order valence-electron chi connectivity index (χ4n) is 1.22. The van der Waals surface area contributed by atoms with Crippen LogP contribution in [0.15, 0.2) is 24.3 Å². The Bertz CT molecular complexity index is 393. The Hall–Kier alpha value is -1.55. The molecule has 0 bridgehead atoms. The fourth-order valence-corrected chi connectivity index (χ4v) is 1.42. The zero-order chi connectivity index (χ0) is 12.0. The summed E-state index contributed by atoms with van der Waals surface area (Å²) in [5.74, 6) is -0.237. The van der Waals surface area contributed by atoms with E-state index in [1.54, 1.807) is 12.1 Å². The predicted molar refractivity (Wildman–Crippen MR) is 64.7 cm³/mol. The van der Waals surface area contributed by atoms with E-state index >= 15 is 0 Å². The van der Waals surface area contributed by atoms with Gasteiger partial charge in [0.1, 0.15) is 0 Å². The molecule has 86 valence electrons. The van der Waals surface area contributed by atoms with Crippen molar-refractivity contribution >= 4 is 23.5 Å². The third-order valence-electron chi connectivity index (χ3n) is 1.93. The predicted octanol–water partition coefficient (Wildman–Crippen LogP) is 1.54. The molecule has 0 aromatic heterocycles. The van der Waals surface area contributed by atoms with Gasteiger partial charge in [0.2, 0.25) is 5.91 Å². The fraction of sp³-hybridized carbons (Fsp3) is 0.273. The Morgan fingerprint density at radius 2 is 2.12 bits per heavy atom. The van der Waals surface area contributed by atoms with Crippen LogP contribution in [0.1, 0.15) is 12.5 Å². The number of guanidine groups is 1. The van der Waals surface area contributed by atoms with Crippen molar-refractivity contribution in [3.63, 3.8) is 0 Å². The number of benzene rings is 1. The van der Waals surface area contributed by atoms with Crippen LogP contribution >= 0.6 is 11.6 Å². The van der Waals surface area contributed by atoms with Crippen LogP contribution < -0.4 is 10.6 Å². The lowest BCUT2D eigenvalue weighted by atomic mass is 10.1. The van der Waals surface area contributed by atoms with Crippen LogP contribution in [0.2, 0.25) is 5.02 Å². The highest BCUT2D eigenvalue weighted by atomic mass is 35.5. The van der Waals surface area contributed by atoms with E-state index in [1.807, 2.05) is 19.1 Å². The number of hydrogen-bond donors (Lipinski definition) is 3. The summed E-state index contributed by atoms with van der Waals surface area (Å²) < 4.78 is 0. The number of rotatable bonds is 3. The maximum Gasteiger partial charge on any atom is 0.231 e. The van der Waals surface area contributed by atoms with Crippen molar-refractivity contribution in [1.29, 1.82) is 5.41 Å². The van der Waals surface area contributed by atoms with Crippen molar-refractivity contribution in [2.24, 2.45) is 0 Å². The maximum atomic E-state index is 11.5. The Kier molecular flexibility index (Phi) is 4.79. The minimum Gasteiger partial charge on any atom is -0.357 e.